The molecule has 0 radical (unpaired) electrons. The van der Waals surface area contributed by atoms with Crippen LogP contribution in [0, 0.1) is 0 Å². The van der Waals surface area contributed by atoms with Gasteiger partial charge in [0.15, 0.2) is 0 Å². The lowest BCUT2D eigenvalue weighted by Crippen LogP contribution is -2.36. The zero-order chi connectivity index (χ0) is 15.1. The molecule has 0 bridgehead atoms. The summed E-state index contributed by atoms with van der Waals surface area (Å²) in [4.78, 5) is 22.3. The van der Waals surface area contributed by atoms with Gasteiger partial charge in [-0.2, -0.15) is 5.10 Å². The summed E-state index contributed by atoms with van der Waals surface area (Å²) in [7, 11) is 0. The lowest BCUT2D eigenvalue weighted by molar-refractivity contribution is 0.234. The summed E-state index contributed by atoms with van der Waals surface area (Å²) in [6, 6.07) is 2.05. The van der Waals surface area contributed by atoms with Crippen molar-refractivity contribution in [3.8, 4) is 0 Å². The highest BCUT2D eigenvalue weighted by Gasteiger charge is 2.29. The minimum atomic E-state index is 0.0561. The molecule has 3 heterocycles. The zero-order valence-corrected chi connectivity index (χ0v) is 12.9. The van der Waals surface area contributed by atoms with Crippen LogP contribution in [0.15, 0.2) is 17.1 Å². The first-order valence-corrected chi connectivity index (χ1v) is 8.09. The number of rotatable bonds is 4. The second kappa shape index (κ2) is 5.35. The number of H-pyrrole nitrogens is 1. The van der Waals surface area contributed by atoms with Gasteiger partial charge in [0, 0.05) is 44.7 Å². The van der Waals surface area contributed by atoms with Crippen molar-refractivity contribution < 1.29 is 0 Å². The first-order chi connectivity index (χ1) is 10.7. The van der Waals surface area contributed by atoms with Gasteiger partial charge in [-0.15, -0.1) is 0 Å². The van der Waals surface area contributed by atoms with Gasteiger partial charge in [-0.05, 0) is 25.8 Å². The third-order valence-corrected chi connectivity index (χ3v) is 4.62. The van der Waals surface area contributed by atoms with E-state index in [1.165, 1.54) is 5.69 Å². The van der Waals surface area contributed by atoms with Gasteiger partial charge in [0.05, 0.1) is 17.0 Å². The number of fused-ring (bicyclic) bond motifs is 1. The number of nitrogens with one attached hydrogen (secondary N) is 1. The topological polar surface area (TPSA) is 66.8 Å². The predicted molar refractivity (Wildman–Crippen MR) is 82.6 cm³/mol. The molecule has 0 amide bonds. The predicted octanol–water partition coefficient (Wildman–Crippen LogP) is 1.42. The van der Waals surface area contributed by atoms with Crippen LogP contribution in [0.3, 0.4) is 0 Å². The van der Waals surface area contributed by atoms with E-state index in [2.05, 4.69) is 28.0 Å². The minimum absolute atomic E-state index is 0.0561. The van der Waals surface area contributed by atoms with E-state index in [0.717, 1.165) is 56.0 Å². The molecule has 0 atom stereocenters. The molecule has 0 aromatic carbocycles. The number of aromatic nitrogens is 4. The lowest BCUT2D eigenvalue weighted by atomic mass is 10.1. The standard InChI is InChI=1S/C16H21N5O/c1-2-21-12(5-7-17-21)9-20-8-6-14-13(10-20)16(22)19-15(18-14)11-3-4-11/h5,7,11H,2-4,6,8-10H2,1H3,(H,18,19,22). The molecule has 6 nitrogen and oxygen atoms in total. The van der Waals surface area contributed by atoms with E-state index in [0.29, 0.717) is 12.5 Å². The molecule has 0 saturated heterocycles. The molecule has 6 heteroatoms. The molecule has 1 N–H and O–H groups in total. The molecule has 0 spiro atoms. The minimum Gasteiger partial charge on any atom is -0.310 e. The molecule has 2 aliphatic rings. The summed E-state index contributed by atoms with van der Waals surface area (Å²) < 4.78 is 2.01. The van der Waals surface area contributed by atoms with Crippen molar-refractivity contribution in [3.63, 3.8) is 0 Å². The largest absolute Gasteiger partial charge is 0.310 e. The van der Waals surface area contributed by atoms with Crippen molar-refractivity contribution in [2.75, 3.05) is 6.54 Å². The van der Waals surface area contributed by atoms with E-state index in [1.54, 1.807) is 0 Å². The molecule has 4 rings (SSSR count). The fraction of sp³-hybridized carbons (Fsp3) is 0.562. The Kier molecular flexibility index (Phi) is 3.33. The zero-order valence-electron chi connectivity index (χ0n) is 12.9. The highest BCUT2D eigenvalue weighted by molar-refractivity contribution is 5.23. The van der Waals surface area contributed by atoms with Crippen LogP contribution in [0.25, 0.3) is 0 Å². The summed E-state index contributed by atoms with van der Waals surface area (Å²) in [6.07, 6.45) is 5.02. The first kappa shape index (κ1) is 13.7. The number of aryl methyl sites for hydroxylation is 1. The van der Waals surface area contributed by atoms with Gasteiger partial charge in [0.2, 0.25) is 0 Å². The Bertz CT molecular complexity index is 743. The summed E-state index contributed by atoms with van der Waals surface area (Å²) in [5.74, 6) is 1.40. The van der Waals surface area contributed by atoms with Gasteiger partial charge in [-0.3, -0.25) is 14.4 Å². The van der Waals surface area contributed by atoms with Gasteiger partial charge < -0.3 is 4.98 Å². The third-order valence-electron chi connectivity index (χ3n) is 4.62. The molecule has 1 aliphatic carbocycles. The Hall–Kier alpha value is -1.95. The van der Waals surface area contributed by atoms with E-state index < -0.39 is 0 Å². The molecule has 1 fully saturated rings. The van der Waals surface area contributed by atoms with E-state index in [1.807, 2.05) is 10.9 Å². The molecule has 2 aromatic rings. The molecule has 1 saturated carbocycles. The maximum Gasteiger partial charge on any atom is 0.255 e. The van der Waals surface area contributed by atoms with Crippen molar-refractivity contribution in [2.24, 2.45) is 0 Å². The average molecular weight is 299 g/mol. The first-order valence-electron chi connectivity index (χ1n) is 8.09. The Labute approximate surface area is 129 Å². The fourth-order valence-corrected chi connectivity index (χ4v) is 3.19. The van der Waals surface area contributed by atoms with Crippen LogP contribution in [0.1, 0.15) is 48.5 Å². The van der Waals surface area contributed by atoms with Crippen molar-refractivity contribution in [2.45, 2.75) is 51.7 Å². The quantitative estimate of drug-likeness (QED) is 0.927. The van der Waals surface area contributed by atoms with Crippen molar-refractivity contribution >= 4 is 0 Å². The maximum absolute atomic E-state index is 12.3. The lowest BCUT2D eigenvalue weighted by Gasteiger charge is -2.27. The van der Waals surface area contributed by atoms with Crippen LogP contribution in [0.2, 0.25) is 0 Å². The van der Waals surface area contributed by atoms with Crippen LogP contribution < -0.4 is 5.56 Å². The van der Waals surface area contributed by atoms with E-state index in [-0.39, 0.29) is 5.56 Å². The van der Waals surface area contributed by atoms with Crippen LogP contribution in [-0.2, 0) is 26.1 Å². The monoisotopic (exact) mass is 299 g/mol. The molecule has 116 valence electrons. The third kappa shape index (κ3) is 2.47. The molecule has 0 unspecified atom stereocenters. The van der Waals surface area contributed by atoms with Crippen molar-refractivity contribution in [1.29, 1.82) is 0 Å². The second-order valence-corrected chi connectivity index (χ2v) is 6.25. The van der Waals surface area contributed by atoms with Gasteiger partial charge in [-0.1, -0.05) is 0 Å². The molecular weight excluding hydrogens is 278 g/mol. The maximum atomic E-state index is 12.3. The fourth-order valence-electron chi connectivity index (χ4n) is 3.19. The van der Waals surface area contributed by atoms with Gasteiger partial charge in [0.25, 0.3) is 5.56 Å². The van der Waals surface area contributed by atoms with Gasteiger partial charge >= 0.3 is 0 Å². The van der Waals surface area contributed by atoms with Crippen LogP contribution >= 0.6 is 0 Å². The summed E-state index contributed by atoms with van der Waals surface area (Å²) in [5.41, 5.74) is 3.11. The Morgan fingerprint density at radius 3 is 3.05 bits per heavy atom. The van der Waals surface area contributed by atoms with Crippen molar-refractivity contribution in [3.05, 3.63) is 45.4 Å². The Balaban J connectivity index is 1.55. The van der Waals surface area contributed by atoms with Crippen LogP contribution in [0.5, 0.6) is 0 Å². The molecule has 2 aromatic heterocycles. The number of hydrogen-bond donors (Lipinski definition) is 1. The smallest absolute Gasteiger partial charge is 0.255 e. The van der Waals surface area contributed by atoms with E-state index >= 15 is 0 Å². The second-order valence-electron chi connectivity index (χ2n) is 6.25. The Morgan fingerprint density at radius 1 is 1.41 bits per heavy atom. The van der Waals surface area contributed by atoms with Gasteiger partial charge in [0.1, 0.15) is 5.82 Å². The van der Waals surface area contributed by atoms with Gasteiger partial charge in [-0.25, -0.2) is 4.98 Å². The summed E-state index contributed by atoms with van der Waals surface area (Å²) in [6.45, 7) is 5.42. The SMILES string of the molecule is CCn1nccc1CN1CCc2nc(C3CC3)[nH]c(=O)c2C1. The normalized spacial score (nSPS) is 18.4. The van der Waals surface area contributed by atoms with E-state index in [4.69, 9.17) is 4.98 Å². The van der Waals surface area contributed by atoms with Crippen LogP contribution in [-0.4, -0.2) is 31.2 Å². The molecular formula is C16H21N5O. The summed E-state index contributed by atoms with van der Waals surface area (Å²) >= 11 is 0. The molecule has 1 aliphatic heterocycles. The Morgan fingerprint density at radius 2 is 2.27 bits per heavy atom. The number of aromatic amines is 1. The van der Waals surface area contributed by atoms with Crippen LogP contribution in [0.4, 0.5) is 0 Å². The van der Waals surface area contributed by atoms with Crippen molar-refractivity contribution in [1.82, 2.24) is 24.6 Å². The summed E-state index contributed by atoms with van der Waals surface area (Å²) in [5, 5.41) is 4.31. The average Bonchev–Trinajstić information content (AvgIpc) is 3.28. The number of hydrogen-bond acceptors (Lipinski definition) is 4. The highest BCUT2D eigenvalue weighted by Crippen LogP contribution is 2.37. The molecule has 22 heavy (non-hydrogen) atoms. The van der Waals surface area contributed by atoms with E-state index in [9.17, 15) is 4.79 Å². The highest BCUT2D eigenvalue weighted by atomic mass is 16.1. The number of nitrogens with zero attached hydrogens (tertiary/aromatic N) is 4.